The van der Waals surface area contributed by atoms with E-state index in [1.165, 1.54) is 19.1 Å². The summed E-state index contributed by atoms with van der Waals surface area (Å²) in [5.74, 6) is 0. The Morgan fingerprint density at radius 2 is 2.20 bits per heavy atom. The monoisotopic (exact) mass is 291 g/mol. The van der Waals surface area contributed by atoms with Gasteiger partial charge in [-0.05, 0) is 31.0 Å². The van der Waals surface area contributed by atoms with Crippen molar-refractivity contribution in [1.82, 2.24) is 9.55 Å². The second-order valence-corrected chi connectivity index (χ2v) is 7.19. The van der Waals surface area contributed by atoms with E-state index < -0.39 is 9.84 Å². The Morgan fingerprint density at radius 3 is 2.90 bits per heavy atom. The van der Waals surface area contributed by atoms with Gasteiger partial charge in [-0.15, -0.1) is 0 Å². The third-order valence-corrected chi connectivity index (χ3v) is 4.53. The van der Waals surface area contributed by atoms with Gasteiger partial charge in [0.15, 0.2) is 9.84 Å². The van der Waals surface area contributed by atoms with Crippen LogP contribution in [0, 0.1) is 0 Å². The van der Waals surface area contributed by atoms with Crippen LogP contribution in [0.3, 0.4) is 0 Å². The lowest BCUT2D eigenvalue weighted by Crippen LogP contribution is -2.06. The van der Waals surface area contributed by atoms with Crippen LogP contribution in [0.15, 0.2) is 41.7 Å². The molecule has 3 rings (SSSR count). The van der Waals surface area contributed by atoms with Gasteiger partial charge in [0.05, 0.1) is 23.5 Å². The number of anilines is 1. The minimum absolute atomic E-state index is 0.332. The minimum atomic E-state index is -3.17. The first-order valence-electron chi connectivity index (χ1n) is 6.59. The van der Waals surface area contributed by atoms with Crippen LogP contribution in [0.5, 0.6) is 0 Å². The Balaban J connectivity index is 1.73. The number of imidazole rings is 1. The maximum atomic E-state index is 11.5. The zero-order valence-electron chi connectivity index (χ0n) is 11.3. The fourth-order valence-electron chi connectivity index (χ4n) is 2.18. The second-order valence-electron chi connectivity index (χ2n) is 5.18. The van der Waals surface area contributed by atoms with Crippen LogP contribution in [-0.4, -0.2) is 24.2 Å². The van der Waals surface area contributed by atoms with E-state index in [0.29, 0.717) is 17.5 Å². The summed E-state index contributed by atoms with van der Waals surface area (Å²) < 4.78 is 25.2. The Hall–Kier alpha value is -1.82. The molecule has 106 valence electrons. The van der Waals surface area contributed by atoms with Crippen molar-refractivity contribution in [3.05, 3.63) is 42.5 Å². The van der Waals surface area contributed by atoms with Gasteiger partial charge < -0.3 is 9.88 Å². The highest BCUT2D eigenvalue weighted by Gasteiger charge is 2.24. The molecule has 1 aliphatic carbocycles. The fraction of sp³-hybridized carbons (Fsp3) is 0.357. The van der Waals surface area contributed by atoms with E-state index in [9.17, 15) is 8.42 Å². The molecule has 1 aromatic heterocycles. The quantitative estimate of drug-likeness (QED) is 0.917. The van der Waals surface area contributed by atoms with Crippen LogP contribution >= 0.6 is 0 Å². The summed E-state index contributed by atoms with van der Waals surface area (Å²) in [7, 11) is -3.17. The standard InChI is InChI=1S/C14H17N3O2S/c1-20(18,19)14-4-2-3-11(7-14)16-9-13-8-15-10-17(13)12-5-6-12/h2-4,7-8,10,12,16H,5-6,9H2,1H3. The van der Waals surface area contributed by atoms with Gasteiger partial charge in [0.2, 0.25) is 0 Å². The number of aromatic nitrogens is 2. The van der Waals surface area contributed by atoms with Crippen molar-refractivity contribution >= 4 is 15.5 Å². The van der Waals surface area contributed by atoms with Crippen molar-refractivity contribution in [2.75, 3.05) is 11.6 Å². The van der Waals surface area contributed by atoms with Crippen molar-refractivity contribution in [3.63, 3.8) is 0 Å². The first-order chi connectivity index (χ1) is 9.54. The van der Waals surface area contributed by atoms with E-state index in [1.807, 2.05) is 18.6 Å². The average molecular weight is 291 g/mol. The van der Waals surface area contributed by atoms with Gasteiger partial charge >= 0.3 is 0 Å². The summed E-state index contributed by atoms with van der Waals surface area (Å²) in [6.45, 7) is 0.643. The van der Waals surface area contributed by atoms with Crippen LogP contribution in [0.2, 0.25) is 0 Å². The Kier molecular flexibility index (Phi) is 3.25. The zero-order chi connectivity index (χ0) is 14.2. The molecule has 1 aromatic carbocycles. The molecule has 20 heavy (non-hydrogen) atoms. The molecule has 1 saturated carbocycles. The Labute approximate surface area is 118 Å². The highest BCUT2D eigenvalue weighted by atomic mass is 32.2. The van der Waals surface area contributed by atoms with Crippen LogP contribution in [0.1, 0.15) is 24.6 Å². The maximum Gasteiger partial charge on any atom is 0.175 e. The van der Waals surface area contributed by atoms with Gasteiger partial charge in [-0.3, -0.25) is 0 Å². The number of nitrogens with zero attached hydrogens (tertiary/aromatic N) is 2. The molecule has 1 heterocycles. The van der Waals surface area contributed by atoms with Gasteiger partial charge in [-0.1, -0.05) is 6.07 Å². The van der Waals surface area contributed by atoms with E-state index in [1.54, 1.807) is 18.2 Å². The molecule has 0 aliphatic heterocycles. The van der Waals surface area contributed by atoms with Crippen molar-refractivity contribution in [1.29, 1.82) is 0 Å². The van der Waals surface area contributed by atoms with E-state index in [4.69, 9.17) is 0 Å². The predicted molar refractivity (Wildman–Crippen MR) is 77.4 cm³/mol. The number of rotatable bonds is 5. The lowest BCUT2D eigenvalue weighted by Gasteiger charge is -2.10. The predicted octanol–water partition coefficient (Wildman–Crippen LogP) is 2.23. The summed E-state index contributed by atoms with van der Waals surface area (Å²) in [5, 5.41) is 3.26. The smallest absolute Gasteiger partial charge is 0.175 e. The van der Waals surface area contributed by atoms with Crippen molar-refractivity contribution in [2.24, 2.45) is 0 Å². The summed E-state index contributed by atoms with van der Waals surface area (Å²) in [6, 6.07) is 7.47. The van der Waals surface area contributed by atoms with E-state index in [-0.39, 0.29) is 0 Å². The lowest BCUT2D eigenvalue weighted by atomic mass is 10.3. The molecule has 1 aliphatic rings. The van der Waals surface area contributed by atoms with Crippen molar-refractivity contribution in [3.8, 4) is 0 Å². The molecule has 0 amide bonds. The van der Waals surface area contributed by atoms with Crippen molar-refractivity contribution < 1.29 is 8.42 Å². The highest BCUT2D eigenvalue weighted by molar-refractivity contribution is 7.90. The topological polar surface area (TPSA) is 64.0 Å². The molecular formula is C14H17N3O2S. The second kappa shape index (κ2) is 4.94. The third-order valence-electron chi connectivity index (χ3n) is 3.42. The largest absolute Gasteiger partial charge is 0.379 e. The first kappa shape index (κ1) is 13.2. The number of sulfone groups is 1. The SMILES string of the molecule is CS(=O)(=O)c1cccc(NCc2cncn2C2CC2)c1. The normalized spacial score (nSPS) is 15.2. The number of nitrogens with one attached hydrogen (secondary N) is 1. The van der Waals surface area contributed by atoms with E-state index in [0.717, 1.165) is 11.4 Å². The van der Waals surface area contributed by atoms with E-state index in [2.05, 4.69) is 14.9 Å². The van der Waals surface area contributed by atoms with Crippen LogP contribution in [-0.2, 0) is 16.4 Å². The molecule has 0 atom stereocenters. The molecule has 0 bridgehead atoms. The Bertz CT molecular complexity index is 718. The molecular weight excluding hydrogens is 274 g/mol. The minimum Gasteiger partial charge on any atom is -0.379 e. The number of hydrogen-bond donors (Lipinski definition) is 1. The molecule has 0 unspecified atom stereocenters. The maximum absolute atomic E-state index is 11.5. The highest BCUT2D eigenvalue weighted by Crippen LogP contribution is 2.35. The summed E-state index contributed by atoms with van der Waals surface area (Å²) in [5.41, 5.74) is 1.92. The van der Waals surface area contributed by atoms with Gasteiger partial charge in [-0.25, -0.2) is 13.4 Å². The zero-order valence-corrected chi connectivity index (χ0v) is 12.1. The van der Waals surface area contributed by atoms with E-state index >= 15 is 0 Å². The summed E-state index contributed by atoms with van der Waals surface area (Å²) >= 11 is 0. The van der Waals surface area contributed by atoms with Gasteiger partial charge in [0.25, 0.3) is 0 Å². The van der Waals surface area contributed by atoms with Gasteiger partial charge in [0, 0.05) is 24.2 Å². The summed E-state index contributed by atoms with van der Waals surface area (Å²) in [6.07, 6.45) is 7.36. The van der Waals surface area contributed by atoms with Crippen molar-refractivity contribution in [2.45, 2.75) is 30.3 Å². The first-order valence-corrected chi connectivity index (χ1v) is 8.48. The van der Waals surface area contributed by atoms with Crippen LogP contribution in [0.25, 0.3) is 0 Å². The fourth-order valence-corrected chi connectivity index (χ4v) is 2.85. The lowest BCUT2D eigenvalue weighted by molar-refractivity contribution is 0.602. The Morgan fingerprint density at radius 1 is 1.40 bits per heavy atom. The third kappa shape index (κ3) is 2.85. The van der Waals surface area contributed by atoms with Gasteiger partial charge in [0.1, 0.15) is 0 Å². The molecule has 0 spiro atoms. The molecule has 0 saturated heterocycles. The molecule has 2 aromatic rings. The molecule has 5 nitrogen and oxygen atoms in total. The van der Waals surface area contributed by atoms with Crippen LogP contribution in [0.4, 0.5) is 5.69 Å². The van der Waals surface area contributed by atoms with Crippen LogP contribution < -0.4 is 5.32 Å². The molecule has 6 heteroatoms. The molecule has 1 fully saturated rings. The summed E-state index contributed by atoms with van der Waals surface area (Å²) in [4.78, 5) is 4.51. The average Bonchev–Trinajstić information content (AvgIpc) is 3.15. The number of hydrogen-bond acceptors (Lipinski definition) is 4. The van der Waals surface area contributed by atoms with Gasteiger partial charge in [-0.2, -0.15) is 0 Å². The molecule has 1 N–H and O–H groups in total. The molecule has 0 radical (unpaired) electrons. The number of benzene rings is 1.